The smallest absolute Gasteiger partial charge is 0.496 e. The average molecular weight is 1180 g/mol. The van der Waals surface area contributed by atoms with Gasteiger partial charge in [-0.2, -0.15) is 4.39 Å². The second kappa shape index (κ2) is 27.8. The molecule has 85 heavy (non-hydrogen) atoms. The molecule has 9 aromatic rings. The van der Waals surface area contributed by atoms with Crippen molar-refractivity contribution in [3.05, 3.63) is 217 Å². The molecule has 438 valence electrons. The third-order valence-corrected chi connectivity index (χ3v) is 11.4. The van der Waals surface area contributed by atoms with Crippen molar-refractivity contribution in [2.75, 3.05) is 37.3 Å². The molecule has 0 spiro atoms. The number of ether oxygens (including phenoxy) is 6. The molecule has 0 aliphatic rings. The van der Waals surface area contributed by atoms with Gasteiger partial charge in [0.05, 0.1) is 21.3 Å². The molecule has 0 aliphatic carbocycles. The first-order chi connectivity index (χ1) is 40.5. The Hall–Kier alpha value is -10.7. The standard InChI is InChI=1S/C20H14F4N2O3.2C20H15F3N2O3/c1-28-17-8-2-12(10-16(17)13-3-9-18(21)25-11-13)19(27)26-14-4-6-15(7-5-14)29-20(22,23)24;1-27-18-7-2-14(12-17(18)13-8-10-24-11-9-13)19(26)25-15-3-5-16(6-4-15)28-20(21,22)23;1-27-18-9-4-13(11-17(18)14-3-2-10-24-12-14)19(26)25-15-5-7-16(8-6-15)28-20(21,22)23/h2-11H,1H3,(H,26,27);2*2-12H,1H3,(H,25,26). The lowest BCUT2D eigenvalue weighted by molar-refractivity contribution is -0.275. The van der Waals surface area contributed by atoms with E-state index in [2.05, 4.69) is 45.1 Å². The molecule has 0 saturated heterocycles. The Bertz CT molecular complexity index is 3530. The highest BCUT2D eigenvalue weighted by Gasteiger charge is 2.33. The minimum absolute atomic E-state index is 0.265. The van der Waals surface area contributed by atoms with Crippen LogP contribution in [0.2, 0.25) is 0 Å². The highest BCUT2D eigenvalue weighted by Crippen LogP contribution is 2.35. The molecule has 0 fully saturated rings. The summed E-state index contributed by atoms with van der Waals surface area (Å²) in [5.74, 6) is -1.46. The Morgan fingerprint density at radius 1 is 0.388 bits per heavy atom. The largest absolute Gasteiger partial charge is 0.573 e. The van der Waals surface area contributed by atoms with Crippen molar-refractivity contribution in [3.63, 3.8) is 0 Å². The van der Waals surface area contributed by atoms with Gasteiger partial charge in [-0.1, -0.05) is 6.07 Å². The van der Waals surface area contributed by atoms with Crippen molar-refractivity contribution >= 4 is 34.8 Å². The molecule has 6 aromatic carbocycles. The number of hydrogen-bond donors (Lipinski definition) is 3. The van der Waals surface area contributed by atoms with Gasteiger partial charge in [-0.15, -0.1) is 39.5 Å². The lowest BCUT2D eigenvalue weighted by Crippen LogP contribution is -2.17. The second-order valence-corrected chi connectivity index (χ2v) is 17.2. The third kappa shape index (κ3) is 18.7. The quantitative estimate of drug-likeness (QED) is 0.0654. The Balaban J connectivity index is 0.000000183. The van der Waals surface area contributed by atoms with E-state index in [1.807, 2.05) is 6.07 Å². The second-order valence-electron chi connectivity index (χ2n) is 17.2. The van der Waals surface area contributed by atoms with E-state index in [1.54, 1.807) is 91.5 Å². The Morgan fingerprint density at radius 2 is 0.741 bits per heavy atom. The fraction of sp³-hybridized carbons (Fsp3) is 0.100. The van der Waals surface area contributed by atoms with Gasteiger partial charge in [0.25, 0.3) is 17.7 Å². The van der Waals surface area contributed by atoms with Crippen molar-refractivity contribution in [3.8, 4) is 67.9 Å². The summed E-state index contributed by atoms with van der Waals surface area (Å²) in [7, 11) is 4.52. The number of nitrogens with zero attached hydrogens (tertiary/aromatic N) is 3. The number of aromatic nitrogens is 3. The number of halogens is 10. The van der Waals surface area contributed by atoms with E-state index in [4.69, 9.17) is 14.2 Å². The van der Waals surface area contributed by atoms with Gasteiger partial charge in [-0.25, -0.2) is 4.98 Å². The number of alkyl halides is 9. The van der Waals surface area contributed by atoms with Crippen LogP contribution in [-0.4, -0.2) is 73.1 Å². The maximum atomic E-state index is 13.1. The van der Waals surface area contributed by atoms with Crippen LogP contribution in [-0.2, 0) is 0 Å². The summed E-state index contributed by atoms with van der Waals surface area (Å²) < 4.78 is 150. The zero-order chi connectivity index (χ0) is 61.3. The summed E-state index contributed by atoms with van der Waals surface area (Å²) in [6, 6.07) is 38.9. The van der Waals surface area contributed by atoms with Crippen LogP contribution in [0.15, 0.2) is 195 Å². The molecule has 9 rings (SSSR count). The molecular formula is C60H44F10N6O9. The van der Waals surface area contributed by atoms with E-state index >= 15 is 0 Å². The van der Waals surface area contributed by atoms with Crippen LogP contribution in [0.5, 0.6) is 34.5 Å². The van der Waals surface area contributed by atoms with Crippen LogP contribution in [0.25, 0.3) is 33.4 Å². The first kappa shape index (κ1) is 61.9. The summed E-state index contributed by atoms with van der Waals surface area (Å²) >= 11 is 0. The maximum Gasteiger partial charge on any atom is 0.573 e. The van der Waals surface area contributed by atoms with Gasteiger partial charge in [-0.3, -0.25) is 24.4 Å². The predicted molar refractivity (Wildman–Crippen MR) is 292 cm³/mol. The molecular weight excluding hydrogens is 1140 g/mol. The molecule has 0 bridgehead atoms. The number of methoxy groups -OCH3 is 3. The molecule has 3 amide bonds. The maximum absolute atomic E-state index is 13.1. The molecule has 0 saturated carbocycles. The number of nitrogens with one attached hydrogen (secondary N) is 3. The monoisotopic (exact) mass is 1180 g/mol. The Morgan fingerprint density at radius 3 is 1.05 bits per heavy atom. The van der Waals surface area contributed by atoms with E-state index in [0.29, 0.717) is 62.0 Å². The SMILES string of the molecule is COc1ccc(C(=O)Nc2ccc(OC(F)(F)F)cc2)cc1-c1ccc(F)nc1.COc1ccc(C(=O)Nc2ccc(OC(F)(F)F)cc2)cc1-c1cccnc1.COc1ccc(C(=O)Nc2ccc(OC(F)(F)F)cc2)cc1-c1ccncc1. The van der Waals surface area contributed by atoms with Crippen molar-refractivity contribution < 1.29 is 86.7 Å². The number of benzene rings is 6. The fourth-order valence-corrected chi connectivity index (χ4v) is 7.64. The average Bonchev–Trinajstić information content (AvgIpc) is 3.62. The van der Waals surface area contributed by atoms with Crippen LogP contribution in [0.1, 0.15) is 31.1 Å². The number of anilines is 3. The normalized spacial score (nSPS) is 11.0. The summed E-state index contributed by atoms with van der Waals surface area (Å²) in [5, 5.41) is 7.85. The number of pyridine rings is 3. The summed E-state index contributed by atoms with van der Waals surface area (Å²) in [5.41, 5.74) is 6.03. The molecule has 0 unspecified atom stereocenters. The lowest BCUT2D eigenvalue weighted by Gasteiger charge is -2.12. The first-order valence-electron chi connectivity index (χ1n) is 24.4. The van der Waals surface area contributed by atoms with Crippen molar-refractivity contribution in [2.45, 2.75) is 19.1 Å². The third-order valence-electron chi connectivity index (χ3n) is 11.4. The molecule has 3 aromatic heterocycles. The summed E-state index contributed by atoms with van der Waals surface area (Å²) in [6.45, 7) is 0. The van der Waals surface area contributed by atoms with Crippen LogP contribution < -0.4 is 44.4 Å². The van der Waals surface area contributed by atoms with Crippen LogP contribution >= 0.6 is 0 Å². The zero-order valence-electron chi connectivity index (χ0n) is 44.3. The number of carbonyl (C=O) groups excluding carboxylic acids is 3. The number of amides is 3. The molecule has 15 nitrogen and oxygen atoms in total. The van der Waals surface area contributed by atoms with Crippen molar-refractivity contribution in [2.24, 2.45) is 0 Å². The Kier molecular flexibility index (Phi) is 20.3. The van der Waals surface area contributed by atoms with Gasteiger partial charge in [0.15, 0.2) is 0 Å². The van der Waals surface area contributed by atoms with Gasteiger partial charge in [0.2, 0.25) is 5.95 Å². The van der Waals surface area contributed by atoms with Crippen molar-refractivity contribution in [1.29, 1.82) is 0 Å². The van der Waals surface area contributed by atoms with Gasteiger partial charge in [0, 0.05) is 92.6 Å². The first-order valence-corrected chi connectivity index (χ1v) is 24.4. The molecule has 0 aliphatic heterocycles. The predicted octanol–water partition coefficient (Wildman–Crippen LogP) is 14.9. The van der Waals surface area contributed by atoms with E-state index in [0.717, 1.165) is 47.5 Å². The minimum Gasteiger partial charge on any atom is -0.496 e. The van der Waals surface area contributed by atoms with E-state index in [-0.39, 0.29) is 22.7 Å². The summed E-state index contributed by atoms with van der Waals surface area (Å²) in [4.78, 5) is 49.2. The van der Waals surface area contributed by atoms with Crippen LogP contribution in [0.3, 0.4) is 0 Å². The molecule has 0 radical (unpaired) electrons. The number of hydrogen-bond acceptors (Lipinski definition) is 12. The molecule has 0 atom stereocenters. The van der Waals surface area contributed by atoms with E-state index < -0.39 is 48.5 Å². The fourth-order valence-electron chi connectivity index (χ4n) is 7.64. The molecule has 3 N–H and O–H groups in total. The number of carbonyl (C=O) groups is 3. The zero-order valence-corrected chi connectivity index (χ0v) is 44.3. The van der Waals surface area contributed by atoms with Crippen LogP contribution in [0.4, 0.5) is 61.0 Å². The highest BCUT2D eigenvalue weighted by molar-refractivity contribution is 6.07. The lowest BCUT2D eigenvalue weighted by atomic mass is 10.0. The summed E-state index contributed by atoms with van der Waals surface area (Å²) in [6.07, 6.45) is -6.46. The van der Waals surface area contributed by atoms with Gasteiger partial charge in [0.1, 0.15) is 34.5 Å². The van der Waals surface area contributed by atoms with E-state index in [1.165, 1.54) is 82.1 Å². The van der Waals surface area contributed by atoms with Crippen LogP contribution in [0, 0.1) is 5.95 Å². The number of rotatable bonds is 15. The molecule has 3 heterocycles. The van der Waals surface area contributed by atoms with Crippen molar-refractivity contribution in [1.82, 2.24) is 15.0 Å². The van der Waals surface area contributed by atoms with Gasteiger partial charge in [-0.05, 0) is 163 Å². The highest BCUT2D eigenvalue weighted by atomic mass is 19.4. The minimum atomic E-state index is -4.79. The topological polar surface area (TPSA) is 181 Å². The van der Waals surface area contributed by atoms with Gasteiger partial charge >= 0.3 is 19.1 Å². The van der Waals surface area contributed by atoms with E-state index in [9.17, 15) is 58.3 Å². The molecule has 25 heteroatoms. The van der Waals surface area contributed by atoms with Gasteiger partial charge < -0.3 is 44.4 Å². The Labute approximate surface area is 476 Å².